The highest BCUT2D eigenvalue weighted by Gasteiger charge is 2.17. The maximum atomic E-state index is 12.5. The standard InChI is InChI=1S/C15H14N4O/c20-15-11-6-7-16-9-13(11)17-14-8-12(18-19(14)15)10-4-2-1-3-5-10/h1-5,8,16,18H,6-7,9H2. The van der Waals surface area contributed by atoms with Crippen LogP contribution < -0.4 is 10.9 Å². The van der Waals surface area contributed by atoms with Gasteiger partial charge in [0.15, 0.2) is 5.65 Å². The Hall–Kier alpha value is -2.40. The Labute approximate surface area is 115 Å². The zero-order valence-electron chi connectivity index (χ0n) is 10.9. The van der Waals surface area contributed by atoms with Crippen molar-refractivity contribution >= 4 is 5.65 Å². The van der Waals surface area contributed by atoms with Crippen LogP contribution in [0.4, 0.5) is 0 Å². The van der Waals surface area contributed by atoms with E-state index in [4.69, 9.17) is 0 Å². The van der Waals surface area contributed by atoms with Crippen molar-refractivity contribution in [2.24, 2.45) is 0 Å². The fourth-order valence-corrected chi connectivity index (χ4v) is 2.69. The molecule has 2 aromatic heterocycles. The molecule has 0 spiro atoms. The summed E-state index contributed by atoms with van der Waals surface area (Å²) in [5.74, 6) is 0. The SMILES string of the molecule is O=c1c2c(nc3cc(-c4ccccc4)[nH]n13)CNCC2. The molecule has 0 unspecified atom stereocenters. The monoisotopic (exact) mass is 266 g/mol. The van der Waals surface area contributed by atoms with Gasteiger partial charge < -0.3 is 5.32 Å². The summed E-state index contributed by atoms with van der Waals surface area (Å²) in [5.41, 5.74) is 4.35. The zero-order chi connectivity index (χ0) is 13.5. The second kappa shape index (κ2) is 4.31. The van der Waals surface area contributed by atoms with Crippen LogP contribution in [0.25, 0.3) is 16.9 Å². The van der Waals surface area contributed by atoms with Gasteiger partial charge in [0.05, 0.1) is 11.4 Å². The van der Waals surface area contributed by atoms with Gasteiger partial charge in [0.2, 0.25) is 0 Å². The molecule has 1 aliphatic rings. The molecule has 0 radical (unpaired) electrons. The Kier molecular flexibility index (Phi) is 2.47. The number of fused-ring (bicyclic) bond motifs is 2. The molecule has 4 rings (SSSR count). The molecule has 0 amide bonds. The Morgan fingerprint density at radius 3 is 2.90 bits per heavy atom. The van der Waals surface area contributed by atoms with Crippen molar-refractivity contribution in [2.45, 2.75) is 13.0 Å². The molecule has 0 fully saturated rings. The third kappa shape index (κ3) is 1.67. The van der Waals surface area contributed by atoms with Gasteiger partial charge in [-0.15, -0.1) is 0 Å². The highest BCUT2D eigenvalue weighted by Crippen LogP contribution is 2.18. The Bertz CT molecular complexity index is 832. The van der Waals surface area contributed by atoms with E-state index in [1.165, 1.54) is 0 Å². The van der Waals surface area contributed by atoms with Gasteiger partial charge in [-0.2, -0.15) is 0 Å². The van der Waals surface area contributed by atoms with Gasteiger partial charge in [-0.25, -0.2) is 9.50 Å². The normalized spacial score (nSPS) is 14.4. The maximum Gasteiger partial charge on any atom is 0.276 e. The first-order chi connectivity index (χ1) is 9.83. The van der Waals surface area contributed by atoms with Crippen molar-refractivity contribution in [2.75, 3.05) is 6.54 Å². The van der Waals surface area contributed by atoms with Crippen LogP contribution in [0.15, 0.2) is 41.2 Å². The molecule has 3 heterocycles. The minimum absolute atomic E-state index is 0.0219. The van der Waals surface area contributed by atoms with Gasteiger partial charge >= 0.3 is 0 Å². The summed E-state index contributed by atoms with van der Waals surface area (Å²) < 4.78 is 1.55. The van der Waals surface area contributed by atoms with Crippen LogP contribution in [-0.4, -0.2) is 21.1 Å². The minimum atomic E-state index is 0.0219. The average molecular weight is 266 g/mol. The summed E-state index contributed by atoms with van der Waals surface area (Å²) >= 11 is 0. The topological polar surface area (TPSA) is 62.2 Å². The number of nitrogens with one attached hydrogen (secondary N) is 2. The van der Waals surface area contributed by atoms with E-state index in [0.717, 1.165) is 35.5 Å². The first kappa shape index (κ1) is 11.4. The highest BCUT2D eigenvalue weighted by molar-refractivity contribution is 5.64. The van der Waals surface area contributed by atoms with E-state index in [2.05, 4.69) is 15.4 Å². The van der Waals surface area contributed by atoms with E-state index in [0.29, 0.717) is 12.2 Å². The molecule has 5 heteroatoms. The van der Waals surface area contributed by atoms with Crippen LogP contribution >= 0.6 is 0 Å². The van der Waals surface area contributed by atoms with Crippen molar-refractivity contribution in [3.63, 3.8) is 0 Å². The lowest BCUT2D eigenvalue weighted by molar-refractivity contribution is 0.616. The third-order valence-corrected chi connectivity index (χ3v) is 3.72. The molecule has 1 aliphatic heterocycles. The summed E-state index contributed by atoms with van der Waals surface area (Å²) in [4.78, 5) is 17.1. The molecule has 5 nitrogen and oxygen atoms in total. The van der Waals surface area contributed by atoms with Crippen molar-refractivity contribution < 1.29 is 0 Å². The molecule has 20 heavy (non-hydrogen) atoms. The van der Waals surface area contributed by atoms with Gasteiger partial charge in [0, 0.05) is 18.2 Å². The second-order valence-electron chi connectivity index (χ2n) is 5.00. The smallest absolute Gasteiger partial charge is 0.276 e. The highest BCUT2D eigenvalue weighted by atomic mass is 16.1. The van der Waals surface area contributed by atoms with Gasteiger partial charge in [-0.05, 0) is 18.5 Å². The van der Waals surface area contributed by atoms with Gasteiger partial charge in [0.25, 0.3) is 5.56 Å². The zero-order valence-corrected chi connectivity index (χ0v) is 10.9. The number of H-pyrrole nitrogens is 1. The molecule has 0 saturated heterocycles. The quantitative estimate of drug-likeness (QED) is 0.698. The molecular formula is C15H14N4O. The van der Waals surface area contributed by atoms with E-state index in [1.807, 2.05) is 36.4 Å². The molecule has 0 saturated carbocycles. The predicted molar refractivity (Wildman–Crippen MR) is 76.7 cm³/mol. The second-order valence-corrected chi connectivity index (χ2v) is 5.00. The number of nitrogens with zero attached hydrogens (tertiary/aromatic N) is 2. The van der Waals surface area contributed by atoms with E-state index in [-0.39, 0.29) is 5.56 Å². The maximum absolute atomic E-state index is 12.5. The van der Waals surface area contributed by atoms with Gasteiger partial charge in [-0.3, -0.25) is 9.89 Å². The molecule has 0 bridgehead atoms. The van der Waals surface area contributed by atoms with Gasteiger partial charge in [0.1, 0.15) is 0 Å². The fraction of sp³-hybridized carbons (Fsp3) is 0.200. The van der Waals surface area contributed by atoms with Crippen LogP contribution in [-0.2, 0) is 13.0 Å². The molecule has 1 aromatic carbocycles. The Balaban J connectivity index is 1.96. The first-order valence-electron chi connectivity index (χ1n) is 6.72. The van der Waals surface area contributed by atoms with Crippen molar-refractivity contribution in [1.29, 1.82) is 0 Å². The van der Waals surface area contributed by atoms with Gasteiger partial charge in [-0.1, -0.05) is 30.3 Å². The third-order valence-electron chi connectivity index (χ3n) is 3.72. The molecule has 0 atom stereocenters. The summed E-state index contributed by atoms with van der Waals surface area (Å²) in [6.45, 7) is 1.51. The van der Waals surface area contributed by atoms with Crippen LogP contribution in [0.3, 0.4) is 0 Å². The summed E-state index contributed by atoms with van der Waals surface area (Å²) in [5, 5.41) is 6.40. The summed E-state index contributed by atoms with van der Waals surface area (Å²) in [6, 6.07) is 11.9. The lowest BCUT2D eigenvalue weighted by Gasteiger charge is -2.14. The molecule has 0 aliphatic carbocycles. The lowest BCUT2D eigenvalue weighted by Crippen LogP contribution is -2.32. The fourth-order valence-electron chi connectivity index (χ4n) is 2.69. The Morgan fingerprint density at radius 1 is 1.20 bits per heavy atom. The largest absolute Gasteiger partial charge is 0.311 e. The van der Waals surface area contributed by atoms with Crippen molar-refractivity contribution in [3.05, 3.63) is 58.0 Å². The van der Waals surface area contributed by atoms with E-state index in [9.17, 15) is 4.79 Å². The predicted octanol–water partition coefficient (Wildman–Crippen LogP) is 1.34. The van der Waals surface area contributed by atoms with Crippen molar-refractivity contribution in [1.82, 2.24) is 19.9 Å². The number of benzene rings is 1. The summed E-state index contributed by atoms with van der Waals surface area (Å²) in [6.07, 6.45) is 0.740. The average Bonchev–Trinajstić information content (AvgIpc) is 2.93. The molecule has 100 valence electrons. The number of hydrogen-bond donors (Lipinski definition) is 2. The van der Waals surface area contributed by atoms with Crippen LogP contribution in [0.5, 0.6) is 0 Å². The van der Waals surface area contributed by atoms with E-state index < -0.39 is 0 Å². The minimum Gasteiger partial charge on any atom is -0.311 e. The molecule has 2 N–H and O–H groups in total. The number of aromatic nitrogens is 3. The summed E-state index contributed by atoms with van der Waals surface area (Å²) in [7, 11) is 0. The van der Waals surface area contributed by atoms with Crippen LogP contribution in [0.2, 0.25) is 0 Å². The van der Waals surface area contributed by atoms with Crippen molar-refractivity contribution in [3.8, 4) is 11.3 Å². The number of hydrogen-bond acceptors (Lipinski definition) is 3. The first-order valence-corrected chi connectivity index (χ1v) is 6.72. The number of rotatable bonds is 1. The Morgan fingerprint density at radius 2 is 2.05 bits per heavy atom. The van der Waals surface area contributed by atoms with Crippen LogP contribution in [0, 0.1) is 0 Å². The molecule has 3 aromatic rings. The lowest BCUT2D eigenvalue weighted by atomic mass is 10.1. The number of aromatic amines is 1. The van der Waals surface area contributed by atoms with Crippen LogP contribution in [0.1, 0.15) is 11.3 Å². The molecular weight excluding hydrogens is 252 g/mol. The van der Waals surface area contributed by atoms with E-state index >= 15 is 0 Å². The van der Waals surface area contributed by atoms with E-state index in [1.54, 1.807) is 4.52 Å².